The molecule has 82 valence electrons. The van der Waals surface area contributed by atoms with Crippen molar-refractivity contribution in [3.05, 3.63) is 23.8 Å². The summed E-state index contributed by atoms with van der Waals surface area (Å²) in [6, 6.07) is 5.47. The Morgan fingerprint density at radius 2 is 1.93 bits per heavy atom. The zero-order chi connectivity index (χ0) is 11.3. The van der Waals surface area contributed by atoms with Gasteiger partial charge in [-0.1, -0.05) is 12.2 Å². The summed E-state index contributed by atoms with van der Waals surface area (Å²) >= 11 is 4.95. The summed E-state index contributed by atoms with van der Waals surface area (Å²) in [5, 5.41) is 0. The maximum atomic E-state index is 5.61. The summed E-state index contributed by atoms with van der Waals surface area (Å²) in [6.07, 6.45) is 0. The largest absolute Gasteiger partial charge is 0.494 e. The van der Waals surface area contributed by atoms with Crippen LogP contribution in [0.4, 0.5) is 0 Å². The highest BCUT2D eigenvalue weighted by Crippen LogP contribution is 2.24. The van der Waals surface area contributed by atoms with Crippen LogP contribution in [0.2, 0.25) is 0 Å². The van der Waals surface area contributed by atoms with E-state index in [9.17, 15) is 0 Å². The van der Waals surface area contributed by atoms with Crippen LogP contribution in [0.3, 0.4) is 0 Å². The first-order valence-electron chi connectivity index (χ1n) is 4.88. The van der Waals surface area contributed by atoms with Crippen molar-refractivity contribution in [2.45, 2.75) is 13.8 Å². The molecule has 0 aliphatic carbocycles. The van der Waals surface area contributed by atoms with Crippen molar-refractivity contribution in [3.8, 4) is 11.5 Å². The lowest BCUT2D eigenvalue weighted by atomic mass is 10.2. The number of hydrogen-bond acceptors (Lipinski definition) is 3. The minimum absolute atomic E-state index is 0.319. The molecule has 0 bridgehead atoms. The van der Waals surface area contributed by atoms with Crippen LogP contribution in [0, 0.1) is 0 Å². The number of nitrogens with two attached hydrogens (primary N) is 1. The molecular formula is C11H15NO2S. The molecule has 0 saturated heterocycles. The Morgan fingerprint density at radius 3 is 2.47 bits per heavy atom. The standard InChI is InChI=1S/C11H15NO2S/c1-3-13-8-5-6-10(14-4-2)9(7-8)11(12)15/h5-7H,3-4H2,1-2H3,(H2,12,15). The second-order valence-electron chi connectivity index (χ2n) is 2.89. The summed E-state index contributed by atoms with van der Waals surface area (Å²) in [4.78, 5) is 0.319. The fraction of sp³-hybridized carbons (Fsp3) is 0.364. The molecule has 0 spiro atoms. The van der Waals surface area contributed by atoms with Crippen LogP contribution in [-0.2, 0) is 0 Å². The van der Waals surface area contributed by atoms with E-state index in [1.807, 2.05) is 26.0 Å². The highest BCUT2D eigenvalue weighted by Gasteiger charge is 2.07. The average Bonchev–Trinajstić information content (AvgIpc) is 2.21. The lowest BCUT2D eigenvalue weighted by Gasteiger charge is -2.11. The third-order valence-electron chi connectivity index (χ3n) is 1.83. The van der Waals surface area contributed by atoms with E-state index in [2.05, 4.69) is 0 Å². The quantitative estimate of drug-likeness (QED) is 0.780. The van der Waals surface area contributed by atoms with Crippen LogP contribution >= 0.6 is 12.2 Å². The van der Waals surface area contributed by atoms with Crippen molar-refractivity contribution in [2.24, 2.45) is 5.73 Å². The summed E-state index contributed by atoms with van der Waals surface area (Å²) in [6.45, 7) is 5.05. The van der Waals surface area contributed by atoms with Gasteiger partial charge in [0.1, 0.15) is 16.5 Å². The van der Waals surface area contributed by atoms with Crippen molar-refractivity contribution in [1.82, 2.24) is 0 Å². The molecule has 0 aromatic heterocycles. The fourth-order valence-corrected chi connectivity index (χ4v) is 1.40. The van der Waals surface area contributed by atoms with Gasteiger partial charge in [-0.25, -0.2) is 0 Å². The topological polar surface area (TPSA) is 44.5 Å². The minimum atomic E-state index is 0.319. The Kier molecular flexibility index (Phi) is 4.37. The number of benzene rings is 1. The zero-order valence-corrected chi connectivity index (χ0v) is 9.76. The molecule has 3 nitrogen and oxygen atoms in total. The first-order chi connectivity index (χ1) is 7.19. The smallest absolute Gasteiger partial charge is 0.129 e. The minimum Gasteiger partial charge on any atom is -0.494 e. The predicted octanol–water partition coefficient (Wildman–Crippen LogP) is 2.12. The second kappa shape index (κ2) is 5.56. The number of ether oxygens (including phenoxy) is 2. The van der Waals surface area contributed by atoms with Crippen molar-refractivity contribution in [3.63, 3.8) is 0 Å². The predicted molar refractivity (Wildman–Crippen MR) is 64.7 cm³/mol. The molecule has 0 heterocycles. The fourth-order valence-electron chi connectivity index (χ4n) is 1.24. The Bertz CT molecular complexity index is 352. The Balaban J connectivity index is 3.03. The molecule has 0 unspecified atom stereocenters. The Morgan fingerprint density at radius 1 is 1.27 bits per heavy atom. The monoisotopic (exact) mass is 225 g/mol. The lowest BCUT2D eigenvalue weighted by Crippen LogP contribution is -2.12. The highest BCUT2D eigenvalue weighted by molar-refractivity contribution is 7.80. The van der Waals surface area contributed by atoms with Gasteiger partial charge in [0.05, 0.1) is 18.8 Å². The van der Waals surface area contributed by atoms with Gasteiger partial charge in [-0.2, -0.15) is 0 Å². The molecule has 0 fully saturated rings. The third-order valence-corrected chi connectivity index (χ3v) is 2.05. The van der Waals surface area contributed by atoms with Crippen LogP contribution in [0.1, 0.15) is 19.4 Å². The number of hydrogen-bond donors (Lipinski definition) is 1. The lowest BCUT2D eigenvalue weighted by molar-refractivity contribution is 0.330. The first-order valence-corrected chi connectivity index (χ1v) is 5.29. The summed E-state index contributed by atoms with van der Waals surface area (Å²) in [7, 11) is 0. The molecule has 4 heteroatoms. The van der Waals surface area contributed by atoms with Gasteiger partial charge in [-0.15, -0.1) is 0 Å². The van der Waals surface area contributed by atoms with Crippen molar-refractivity contribution in [2.75, 3.05) is 13.2 Å². The summed E-state index contributed by atoms with van der Waals surface area (Å²) in [5.74, 6) is 1.46. The van der Waals surface area contributed by atoms with Gasteiger partial charge in [0, 0.05) is 0 Å². The van der Waals surface area contributed by atoms with Gasteiger partial charge in [-0.05, 0) is 32.0 Å². The molecule has 0 aliphatic rings. The van der Waals surface area contributed by atoms with E-state index in [0.717, 1.165) is 11.3 Å². The highest BCUT2D eigenvalue weighted by atomic mass is 32.1. The molecule has 1 aromatic carbocycles. The molecule has 0 aliphatic heterocycles. The van der Waals surface area contributed by atoms with E-state index in [-0.39, 0.29) is 0 Å². The van der Waals surface area contributed by atoms with E-state index < -0.39 is 0 Å². The molecule has 15 heavy (non-hydrogen) atoms. The molecular weight excluding hydrogens is 210 g/mol. The van der Waals surface area contributed by atoms with Gasteiger partial charge >= 0.3 is 0 Å². The van der Waals surface area contributed by atoms with Gasteiger partial charge in [-0.3, -0.25) is 0 Å². The van der Waals surface area contributed by atoms with Crippen LogP contribution in [0.5, 0.6) is 11.5 Å². The Labute approximate surface area is 95.2 Å². The molecule has 1 rings (SSSR count). The SMILES string of the molecule is CCOc1ccc(OCC)c(C(N)=S)c1. The number of rotatable bonds is 5. The van der Waals surface area contributed by atoms with E-state index >= 15 is 0 Å². The molecule has 1 aromatic rings. The van der Waals surface area contributed by atoms with Gasteiger partial charge in [0.2, 0.25) is 0 Å². The average molecular weight is 225 g/mol. The second-order valence-corrected chi connectivity index (χ2v) is 3.33. The molecule has 0 atom stereocenters. The molecule has 0 radical (unpaired) electrons. The normalized spacial score (nSPS) is 9.73. The van der Waals surface area contributed by atoms with E-state index in [1.54, 1.807) is 6.07 Å². The Hall–Kier alpha value is -1.29. The van der Waals surface area contributed by atoms with E-state index in [0.29, 0.717) is 24.0 Å². The van der Waals surface area contributed by atoms with E-state index in [1.165, 1.54) is 0 Å². The van der Waals surface area contributed by atoms with Crippen molar-refractivity contribution in [1.29, 1.82) is 0 Å². The molecule has 0 saturated carbocycles. The molecule has 0 amide bonds. The van der Waals surface area contributed by atoms with Crippen LogP contribution in [-0.4, -0.2) is 18.2 Å². The number of thiocarbonyl (C=S) groups is 1. The molecule has 2 N–H and O–H groups in total. The van der Waals surface area contributed by atoms with Crippen LogP contribution < -0.4 is 15.2 Å². The van der Waals surface area contributed by atoms with Gasteiger partial charge < -0.3 is 15.2 Å². The van der Waals surface area contributed by atoms with E-state index in [4.69, 9.17) is 27.4 Å². The maximum absolute atomic E-state index is 5.61. The maximum Gasteiger partial charge on any atom is 0.129 e. The van der Waals surface area contributed by atoms with Gasteiger partial charge in [0.15, 0.2) is 0 Å². The summed E-state index contributed by atoms with van der Waals surface area (Å²) < 4.78 is 10.8. The van der Waals surface area contributed by atoms with Crippen molar-refractivity contribution < 1.29 is 9.47 Å². The summed E-state index contributed by atoms with van der Waals surface area (Å²) in [5.41, 5.74) is 6.33. The first kappa shape index (κ1) is 11.8. The van der Waals surface area contributed by atoms with Crippen LogP contribution in [0.25, 0.3) is 0 Å². The zero-order valence-electron chi connectivity index (χ0n) is 8.95. The van der Waals surface area contributed by atoms with Crippen LogP contribution in [0.15, 0.2) is 18.2 Å². The van der Waals surface area contributed by atoms with Gasteiger partial charge in [0.25, 0.3) is 0 Å². The third kappa shape index (κ3) is 3.09. The van der Waals surface area contributed by atoms with Crippen molar-refractivity contribution >= 4 is 17.2 Å².